The Kier molecular flexibility index (Phi) is 1.81. The van der Waals surface area contributed by atoms with Gasteiger partial charge in [0.1, 0.15) is 6.23 Å². The molecule has 0 saturated carbocycles. The van der Waals surface area contributed by atoms with Crippen molar-refractivity contribution in [1.82, 2.24) is 10.2 Å². The zero-order valence-electron chi connectivity index (χ0n) is 7.25. The predicted octanol–water partition coefficient (Wildman–Crippen LogP) is 0.401. The van der Waals surface area contributed by atoms with Crippen molar-refractivity contribution in [3.05, 3.63) is 23.5 Å². The van der Waals surface area contributed by atoms with Gasteiger partial charge in [-0.25, -0.2) is 0 Å². The summed E-state index contributed by atoms with van der Waals surface area (Å²) < 4.78 is 0. The summed E-state index contributed by atoms with van der Waals surface area (Å²) >= 11 is 0. The normalized spacial score (nSPS) is 28.5. The van der Waals surface area contributed by atoms with Crippen LogP contribution >= 0.6 is 0 Å². The van der Waals surface area contributed by atoms with Crippen molar-refractivity contribution in [2.24, 2.45) is 0 Å². The van der Waals surface area contributed by atoms with Gasteiger partial charge in [-0.2, -0.15) is 0 Å². The molecule has 0 aliphatic carbocycles. The Hall–Kier alpha value is -0.960. The van der Waals surface area contributed by atoms with Gasteiger partial charge in [-0.15, -0.1) is 0 Å². The fraction of sp³-hybridized carbons (Fsp3) is 0.556. The molecule has 12 heavy (non-hydrogen) atoms. The van der Waals surface area contributed by atoms with E-state index in [-0.39, 0.29) is 0 Å². The first-order chi connectivity index (χ1) is 5.79. The minimum Gasteiger partial charge on any atom is -0.374 e. The monoisotopic (exact) mass is 166 g/mol. The second kappa shape index (κ2) is 2.83. The van der Waals surface area contributed by atoms with Gasteiger partial charge >= 0.3 is 0 Å². The fourth-order valence-corrected chi connectivity index (χ4v) is 1.83. The molecule has 3 nitrogen and oxygen atoms in total. The van der Waals surface area contributed by atoms with Gasteiger partial charge in [-0.05, 0) is 18.9 Å². The first kappa shape index (κ1) is 7.68. The Bertz CT molecular complexity index is 245. The summed E-state index contributed by atoms with van der Waals surface area (Å²) in [6.45, 7) is 1.09. The Morgan fingerprint density at radius 2 is 2.50 bits per heavy atom. The SMILES string of the molecule is CN1CCCC2=C1C=CN[C@@H]2O. The maximum atomic E-state index is 9.58. The molecule has 66 valence electrons. The molecule has 0 radical (unpaired) electrons. The van der Waals surface area contributed by atoms with Crippen LogP contribution in [0.15, 0.2) is 23.5 Å². The van der Waals surface area contributed by atoms with Crippen LogP contribution in [-0.2, 0) is 0 Å². The number of likely N-dealkylation sites (N-methyl/N-ethyl adjacent to an activating group) is 1. The Morgan fingerprint density at radius 1 is 1.67 bits per heavy atom. The van der Waals surface area contributed by atoms with Crippen LogP contribution < -0.4 is 5.32 Å². The lowest BCUT2D eigenvalue weighted by Gasteiger charge is -2.33. The lowest BCUT2D eigenvalue weighted by Crippen LogP contribution is -2.36. The van der Waals surface area contributed by atoms with E-state index in [0.717, 1.165) is 25.0 Å². The zero-order chi connectivity index (χ0) is 8.55. The summed E-state index contributed by atoms with van der Waals surface area (Å²) in [5, 5.41) is 12.5. The van der Waals surface area contributed by atoms with Crippen LogP contribution in [0.1, 0.15) is 12.8 Å². The van der Waals surface area contributed by atoms with E-state index in [1.165, 1.54) is 5.70 Å². The van der Waals surface area contributed by atoms with Crippen LogP contribution in [0.4, 0.5) is 0 Å². The number of nitrogens with one attached hydrogen (secondary N) is 1. The van der Waals surface area contributed by atoms with Crippen LogP contribution in [0.25, 0.3) is 0 Å². The molecule has 0 bridgehead atoms. The van der Waals surface area contributed by atoms with Crippen LogP contribution in [0.3, 0.4) is 0 Å². The molecule has 0 saturated heterocycles. The first-order valence-electron chi connectivity index (χ1n) is 4.34. The summed E-state index contributed by atoms with van der Waals surface area (Å²) in [7, 11) is 2.07. The second-order valence-electron chi connectivity index (χ2n) is 3.34. The van der Waals surface area contributed by atoms with Crippen molar-refractivity contribution < 1.29 is 5.11 Å². The van der Waals surface area contributed by atoms with Gasteiger partial charge in [0, 0.05) is 31.1 Å². The minimum atomic E-state index is -0.465. The highest BCUT2D eigenvalue weighted by atomic mass is 16.3. The molecule has 0 spiro atoms. The van der Waals surface area contributed by atoms with E-state index in [9.17, 15) is 5.11 Å². The topological polar surface area (TPSA) is 35.5 Å². The predicted molar refractivity (Wildman–Crippen MR) is 47.2 cm³/mol. The molecular formula is C9H14N2O. The van der Waals surface area contributed by atoms with Crippen molar-refractivity contribution in [3.8, 4) is 0 Å². The average Bonchev–Trinajstić information content (AvgIpc) is 2.07. The molecule has 0 aromatic carbocycles. The molecule has 2 heterocycles. The third-order valence-corrected chi connectivity index (χ3v) is 2.51. The van der Waals surface area contributed by atoms with Crippen LogP contribution in [0.2, 0.25) is 0 Å². The quantitative estimate of drug-likeness (QED) is 0.547. The maximum absolute atomic E-state index is 9.58. The van der Waals surface area contributed by atoms with Gasteiger partial charge in [0.15, 0.2) is 0 Å². The summed E-state index contributed by atoms with van der Waals surface area (Å²) in [5.74, 6) is 0. The van der Waals surface area contributed by atoms with E-state index in [1.807, 2.05) is 12.3 Å². The fourth-order valence-electron chi connectivity index (χ4n) is 1.83. The second-order valence-corrected chi connectivity index (χ2v) is 3.34. The average molecular weight is 166 g/mol. The molecular weight excluding hydrogens is 152 g/mol. The number of hydrogen-bond donors (Lipinski definition) is 2. The smallest absolute Gasteiger partial charge is 0.148 e. The Balaban J connectivity index is 2.33. The minimum absolute atomic E-state index is 0.465. The molecule has 0 aromatic rings. The number of aliphatic hydroxyl groups is 1. The molecule has 2 N–H and O–H groups in total. The summed E-state index contributed by atoms with van der Waals surface area (Å²) in [5.41, 5.74) is 2.32. The number of hydrogen-bond acceptors (Lipinski definition) is 3. The van der Waals surface area contributed by atoms with E-state index >= 15 is 0 Å². The highest BCUT2D eigenvalue weighted by Crippen LogP contribution is 2.25. The van der Waals surface area contributed by atoms with Crippen LogP contribution in [0, 0.1) is 0 Å². The largest absolute Gasteiger partial charge is 0.374 e. The number of allylic oxidation sites excluding steroid dienone is 1. The Morgan fingerprint density at radius 3 is 3.25 bits per heavy atom. The maximum Gasteiger partial charge on any atom is 0.148 e. The highest BCUT2D eigenvalue weighted by molar-refractivity contribution is 5.31. The molecule has 2 rings (SSSR count). The van der Waals surface area contributed by atoms with E-state index in [4.69, 9.17) is 0 Å². The molecule has 1 atom stereocenters. The Labute approximate surface area is 72.4 Å². The first-order valence-corrected chi connectivity index (χ1v) is 4.34. The molecule has 3 heteroatoms. The molecule has 0 unspecified atom stereocenters. The third-order valence-electron chi connectivity index (χ3n) is 2.51. The van der Waals surface area contributed by atoms with Crippen molar-refractivity contribution in [1.29, 1.82) is 0 Å². The van der Waals surface area contributed by atoms with Crippen molar-refractivity contribution in [2.75, 3.05) is 13.6 Å². The van der Waals surface area contributed by atoms with Gasteiger partial charge in [0.25, 0.3) is 0 Å². The zero-order valence-corrected chi connectivity index (χ0v) is 7.25. The standard InChI is InChI=1S/C9H14N2O/c1-11-6-2-3-7-8(11)4-5-10-9(7)12/h4-5,9-10,12H,2-3,6H2,1H3/t9-/m1/s1. The van der Waals surface area contributed by atoms with Crippen LogP contribution in [-0.4, -0.2) is 29.8 Å². The third kappa shape index (κ3) is 1.10. The molecule has 0 fully saturated rings. The van der Waals surface area contributed by atoms with Crippen LogP contribution in [0.5, 0.6) is 0 Å². The molecule has 2 aliphatic rings. The summed E-state index contributed by atoms with van der Waals surface area (Å²) in [4.78, 5) is 2.19. The summed E-state index contributed by atoms with van der Waals surface area (Å²) in [6, 6.07) is 0. The van der Waals surface area contributed by atoms with Crippen molar-refractivity contribution >= 4 is 0 Å². The van der Waals surface area contributed by atoms with E-state index < -0.39 is 6.23 Å². The number of nitrogens with zero attached hydrogens (tertiary/aromatic N) is 1. The van der Waals surface area contributed by atoms with Gasteiger partial charge < -0.3 is 15.3 Å². The lowest BCUT2D eigenvalue weighted by molar-refractivity contribution is 0.171. The van der Waals surface area contributed by atoms with Gasteiger partial charge in [-0.3, -0.25) is 0 Å². The lowest BCUT2D eigenvalue weighted by atomic mass is 9.99. The molecule has 2 aliphatic heterocycles. The highest BCUT2D eigenvalue weighted by Gasteiger charge is 2.22. The van der Waals surface area contributed by atoms with Gasteiger partial charge in [0.2, 0.25) is 0 Å². The molecule has 0 amide bonds. The summed E-state index contributed by atoms with van der Waals surface area (Å²) in [6.07, 6.45) is 5.53. The van der Waals surface area contributed by atoms with Gasteiger partial charge in [0.05, 0.1) is 0 Å². The van der Waals surface area contributed by atoms with E-state index in [0.29, 0.717) is 0 Å². The number of dihydropyridines is 1. The van der Waals surface area contributed by atoms with Crippen molar-refractivity contribution in [2.45, 2.75) is 19.1 Å². The number of rotatable bonds is 0. The van der Waals surface area contributed by atoms with E-state index in [2.05, 4.69) is 17.3 Å². The number of aliphatic hydroxyl groups excluding tert-OH is 1. The molecule has 0 aromatic heterocycles. The van der Waals surface area contributed by atoms with E-state index in [1.54, 1.807) is 0 Å². The van der Waals surface area contributed by atoms with Crippen molar-refractivity contribution in [3.63, 3.8) is 0 Å². The van der Waals surface area contributed by atoms with Gasteiger partial charge in [-0.1, -0.05) is 0 Å².